The van der Waals surface area contributed by atoms with Crippen molar-refractivity contribution in [1.29, 1.82) is 0 Å². The number of aromatic nitrogens is 1. The predicted octanol–water partition coefficient (Wildman–Crippen LogP) is 3.72. The summed E-state index contributed by atoms with van der Waals surface area (Å²) in [7, 11) is 0. The van der Waals surface area contributed by atoms with Gasteiger partial charge in [-0.05, 0) is 28.9 Å². The Kier molecular flexibility index (Phi) is 4.86. The van der Waals surface area contributed by atoms with Gasteiger partial charge in [-0.15, -0.1) is 11.8 Å². The molecule has 0 spiro atoms. The molecule has 7 heteroatoms. The maximum absolute atomic E-state index is 12.7. The van der Waals surface area contributed by atoms with E-state index >= 15 is 0 Å². The molecule has 0 aliphatic carbocycles. The average molecular weight is 330 g/mol. The molecule has 96 valence electrons. The maximum atomic E-state index is 12.7. The molecule has 0 radical (unpaired) electrons. The van der Waals surface area contributed by atoms with Crippen LogP contribution >= 0.6 is 27.7 Å². The number of aliphatic hydroxyl groups excluding tert-OH is 1. The highest BCUT2D eigenvalue weighted by Crippen LogP contribution is 2.38. The van der Waals surface area contributed by atoms with Gasteiger partial charge < -0.3 is 5.11 Å². The van der Waals surface area contributed by atoms with Crippen LogP contribution < -0.4 is 0 Å². The van der Waals surface area contributed by atoms with Crippen molar-refractivity contribution in [2.45, 2.75) is 36.4 Å². The molecular weight excluding hydrogens is 319 g/mol. The van der Waals surface area contributed by atoms with Gasteiger partial charge in [-0.3, -0.25) is 0 Å². The van der Waals surface area contributed by atoms with Gasteiger partial charge in [-0.1, -0.05) is 6.92 Å². The summed E-state index contributed by atoms with van der Waals surface area (Å²) in [5, 5.41) is 8.82. The third-order valence-corrected chi connectivity index (χ3v) is 3.85. The van der Waals surface area contributed by atoms with Gasteiger partial charge in [0.1, 0.15) is 5.03 Å². The summed E-state index contributed by atoms with van der Waals surface area (Å²) in [5.74, 6) is 0. The zero-order chi connectivity index (χ0) is 13.2. The quantitative estimate of drug-likeness (QED) is 0.858. The van der Waals surface area contributed by atoms with Crippen molar-refractivity contribution in [3.8, 4) is 0 Å². The molecule has 0 bridgehead atoms. The van der Waals surface area contributed by atoms with Crippen LogP contribution in [-0.2, 0) is 6.18 Å². The Morgan fingerprint density at radius 2 is 2.00 bits per heavy atom. The van der Waals surface area contributed by atoms with Crippen molar-refractivity contribution < 1.29 is 18.3 Å². The SMILES string of the molecule is CC(O)C(C)Sc1ncc(Br)cc1C(F)(F)F. The number of pyridine rings is 1. The van der Waals surface area contributed by atoms with Crippen LogP contribution in [0, 0.1) is 0 Å². The van der Waals surface area contributed by atoms with Gasteiger partial charge in [0.25, 0.3) is 0 Å². The fourth-order valence-corrected chi connectivity index (χ4v) is 2.29. The summed E-state index contributed by atoms with van der Waals surface area (Å²) < 4.78 is 38.5. The second-order valence-corrected chi connectivity index (χ2v) is 5.85. The number of aliphatic hydroxyl groups is 1. The lowest BCUT2D eigenvalue weighted by atomic mass is 10.3. The van der Waals surface area contributed by atoms with Crippen LogP contribution in [-0.4, -0.2) is 21.4 Å². The standard InChI is InChI=1S/C10H11BrF3NOS/c1-5(16)6(2)17-9-8(10(12,13)14)3-7(11)4-15-9/h3-6,16H,1-2H3. The molecule has 1 rings (SSSR count). The molecule has 2 nitrogen and oxygen atoms in total. The van der Waals surface area contributed by atoms with Crippen LogP contribution in [0.3, 0.4) is 0 Å². The van der Waals surface area contributed by atoms with Gasteiger partial charge in [0.15, 0.2) is 0 Å². The van der Waals surface area contributed by atoms with Gasteiger partial charge in [0.05, 0.1) is 11.7 Å². The third-order valence-electron chi connectivity index (χ3n) is 2.10. The number of halogens is 4. The summed E-state index contributed by atoms with van der Waals surface area (Å²) in [5.41, 5.74) is -0.788. The van der Waals surface area contributed by atoms with Crippen LogP contribution in [0.25, 0.3) is 0 Å². The van der Waals surface area contributed by atoms with Gasteiger partial charge >= 0.3 is 6.18 Å². The monoisotopic (exact) mass is 329 g/mol. The highest BCUT2D eigenvalue weighted by atomic mass is 79.9. The van der Waals surface area contributed by atoms with E-state index < -0.39 is 17.8 Å². The average Bonchev–Trinajstić information content (AvgIpc) is 2.18. The molecule has 0 aliphatic rings. The van der Waals surface area contributed by atoms with E-state index in [1.807, 2.05) is 0 Å². The molecule has 0 aromatic carbocycles. The van der Waals surface area contributed by atoms with E-state index in [2.05, 4.69) is 20.9 Å². The summed E-state index contributed by atoms with van der Waals surface area (Å²) >= 11 is 3.87. The fourth-order valence-electron chi connectivity index (χ4n) is 0.998. The van der Waals surface area contributed by atoms with Crippen molar-refractivity contribution in [3.63, 3.8) is 0 Å². The number of thioether (sulfide) groups is 1. The van der Waals surface area contributed by atoms with Crippen LogP contribution in [0.1, 0.15) is 19.4 Å². The maximum Gasteiger partial charge on any atom is 0.419 e. The van der Waals surface area contributed by atoms with Crippen LogP contribution in [0.4, 0.5) is 13.2 Å². The summed E-state index contributed by atoms with van der Waals surface area (Å²) in [6.07, 6.45) is -3.84. The first kappa shape index (κ1) is 14.8. The van der Waals surface area contributed by atoms with E-state index in [9.17, 15) is 18.3 Å². The number of alkyl halides is 3. The highest BCUT2D eigenvalue weighted by molar-refractivity contribution is 9.10. The Balaban J connectivity index is 3.07. The van der Waals surface area contributed by atoms with Gasteiger partial charge in [0, 0.05) is 15.9 Å². The Morgan fingerprint density at radius 3 is 2.47 bits per heavy atom. The lowest BCUT2D eigenvalue weighted by Crippen LogP contribution is -2.17. The first-order valence-electron chi connectivity index (χ1n) is 4.79. The number of hydrogen-bond donors (Lipinski definition) is 1. The molecule has 1 N–H and O–H groups in total. The van der Waals surface area contributed by atoms with E-state index in [1.54, 1.807) is 6.92 Å². The third kappa shape index (κ3) is 4.15. The molecule has 2 atom stereocenters. The van der Waals surface area contributed by atoms with E-state index in [-0.39, 0.29) is 14.7 Å². The summed E-state index contributed by atoms with van der Waals surface area (Å²) in [4.78, 5) is 3.75. The second kappa shape index (κ2) is 5.58. The van der Waals surface area contributed by atoms with Crippen molar-refractivity contribution in [1.82, 2.24) is 4.98 Å². The lowest BCUT2D eigenvalue weighted by molar-refractivity contribution is -0.140. The summed E-state index contributed by atoms with van der Waals surface area (Å²) in [6.45, 7) is 3.18. The van der Waals surface area contributed by atoms with E-state index in [0.717, 1.165) is 17.8 Å². The van der Waals surface area contributed by atoms with Crippen molar-refractivity contribution in [2.75, 3.05) is 0 Å². The molecule has 0 saturated carbocycles. The molecule has 1 aromatic heterocycles. The van der Waals surface area contributed by atoms with Crippen molar-refractivity contribution >= 4 is 27.7 Å². The van der Waals surface area contributed by atoms with Crippen LogP contribution in [0.5, 0.6) is 0 Å². The molecular formula is C10H11BrF3NOS. The first-order valence-corrected chi connectivity index (χ1v) is 6.46. The molecule has 17 heavy (non-hydrogen) atoms. The Hall–Kier alpha value is -0.270. The Bertz CT molecular complexity index is 398. The molecule has 0 aliphatic heterocycles. The number of nitrogens with zero attached hydrogens (tertiary/aromatic N) is 1. The second-order valence-electron chi connectivity index (χ2n) is 3.57. The van der Waals surface area contributed by atoms with Crippen molar-refractivity contribution in [3.05, 3.63) is 22.3 Å². The predicted molar refractivity (Wildman–Crippen MR) is 63.9 cm³/mol. The topological polar surface area (TPSA) is 33.1 Å². The molecule has 0 amide bonds. The molecule has 1 aromatic rings. The molecule has 2 unspecified atom stereocenters. The Morgan fingerprint density at radius 1 is 1.41 bits per heavy atom. The first-order chi connectivity index (χ1) is 7.71. The zero-order valence-corrected chi connectivity index (χ0v) is 11.5. The lowest BCUT2D eigenvalue weighted by Gasteiger charge is -2.17. The Labute approximate surface area is 110 Å². The minimum Gasteiger partial charge on any atom is -0.392 e. The fraction of sp³-hybridized carbons (Fsp3) is 0.500. The van der Waals surface area contributed by atoms with Gasteiger partial charge in [0.2, 0.25) is 0 Å². The smallest absolute Gasteiger partial charge is 0.392 e. The minimum atomic E-state index is -4.45. The van der Waals surface area contributed by atoms with Gasteiger partial charge in [-0.25, -0.2) is 4.98 Å². The largest absolute Gasteiger partial charge is 0.419 e. The van der Waals surface area contributed by atoms with Crippen LogP contribution in [0.2, 0.25) is 0 Å². The van der Waals surface area contributed by atoms with E-state index in [4.69, 9.17) is 0 Å². The normalized spacial score (nSPS) is 15.7. The number of rotatable bonds is 3. The van der Waals surface area contributed by atoms with Gasteiger partial charge in [-0.2, -0.15) is 13.2 Å². The highest BCUT2D eigenvalue weighted by Gasteiger charge is 2.35. The van der Waals surface area contributed by atoms with Crippen LogP contribution in [0.15, 0.2) is 21.8 Å². The summed E-state index contributed by atoms with van der Waals surface area (Å²) in [6, 6.07) is 0.990. The van der Waals surface area contributed by atoms with Crippen molar-refractivity contribution in [2.24, 2.45) is 0 Å². The molecule has 0 saturated heterocycles. The minimum absolute atomic E-state index is 0.117. The van der Waals surface area contributed by atoms with E-state index in [0.29, 0.717) is 0 Å². The zero-order valence-electron chi connectivity index (χ0n) is 9.12. The molecule has 0 fully saturated rings. The number of hydrogen-bond acceptors (Lipinski definition) is 3. The van der Waals surface area contributed by atoms with E-state index in [1.165, 1.54) is 13.1 Å². The molecule has 1 heterocycles.